The van der Waals surface area contributed by atoms with Crippen LogP contribution in [0.1, 0.15) is 41.6 Å². The van der Waals surface area contributed by atoms with Gasteiger partial charge in [-0.15, -0.1) is 0 Å². The van der Waals surface area contributed by atoms with Crippen LogP contribution in [0.5, 0.6) is 0 Å². The third-order valence-corrected chi connectivity index (χ3v) is 9.11. The first-order valence-electron chi connectivity index (χ1n) is 11.7. The van der Waals surface area contributed by atoms with E-state index in [9.17, 15) is 13.2 Å². The number of hydrogen-bond acceptors (Lipinski definition) is 7. The maximum Gasteiger partial charge on any atom is 0.254 e. The standard InChI is InChI=1S/C24H29N5O4S/c30-23(19-16-27-24-25-9-12-29(24)17-19)26-15-18-1-3-21(4-2-18)34(31,32)22-5-10-28(11-6-22)20-7-13-33-14-8-20/h1-4,9,12,16-17,20,22H,5-8,10-11,13-15H2,(H,26,30). The number of nitrogens with zero attached hydrogens (tertiary/aromatic N) is 4. The number of piperidine rings is 1. The zero-order chi connectivity index (χ0) is 23.5. The molecule has 5 rings (SSSR count). The average molecular weight is 484 g/mol. The molecule has 0 saturated carbocycles. The van der Waals surface area contributed by atoms with Gasteiger partial charge in [0.15, 0.2) is 9.84 Å². The molecule has 1 N–H and O–H groups in total. The van der Waals surface area contributed by atoms with Crippen LogP contribution in [0.4, 0.5) is 0 Å². The van der Waals surface area contributed by atoms with Crippen LogP contribution in [-0.4, -0.2) is 71.2 Å². The second-order valence-electron chi connectivity index (χ2n) is 8.93. The Labute approximate surface area is 199 Å². The molecule has 0 bridgehead atoms. The van der Waals surface area contributed by atoms with Gasteiger partial charge < -0.3 is 15.0 Å². The Balaban J connectivity index is 1.16. The molecule has 2 saturated heterocycles. The first-order chi connectivity index (χ1) is 16.5. The van der Waals surface area contributed by atoms with Crippen molar-refractivity contribution in [2.24, 2.45) is 0 Å². The van der Waals surface area contributed by atoms with Gasteiger partial charge in [-0.25, -0.2) is 18.4 Å². The number of sulfone groups is 1. The molecule has 10 heteroatoms. The topological polar surface area (TPSA) is 106 Å². The van der Waals surface area contributed by atoms with Crippen LogP contribution in [0.15, 0.2) is 53.9 Å². The van der Waals surface area contributed by atoms with E-state index >= 15 is 0 Å². The molecule has 9 nitrogen and oxygen atoms in total. The molecule has 2 aliphatic rings. The Bertz CT molecular complexity index is 1240. The van der Waals surface area contributed by atoms with Crippen LogP contribution in [0, 0.1) is 0 Å². The fourth-order valence-electron chi connectivity index (χ4n) is 4.81. The monoisotopic (exact) mass is 483 g/mol. The lowest BCUT2D eigenvalue weighted by Gasteiger charge is -2.39. The van der Waals surface area contributed by atoms with Crippen LogP contribution in [0.2, 0.25) is 0 Å². The molecule has 4 heterocycles. The normalized spacial score (nSPS) is 18.8. The Morgan fingerprint density at radius 1 is 1.06 bits per heavy atom. The van der Waals surface area contributed by atoms with Gasteiger partial charge in [0.25, 0.3) is 5.91 Å². The van der Waals surface area contributed by atoms with Crippen molar-refractivity contribution in [2.45, 2.75) is 48.4 Å². The number of imidazole rings is 1. The average Bonchev–Trinajstić information content (AvgIpc) is 3.36. The van der Waals surface area contributed by atoms with E-state index in [1.54, 1.807) is 47.3 Å². The number of carbonyl (C=O) groups is 1. The maximum atomic E-state index is 13.2. The predicted octanol–water partition coefficient (Wildman–Crippen LogP) is 2.08. The lowest BCUT2D eigenvalue weighted by Crippen LogP contribution is -2.46. The van der Waals surface area contributed by atoms with Crippen molar-refractivity contribution in [3.63, 3.8) is 0 Å². The summed E-state index contributed by atoms with van der Waals surface area (Å²) < 4.78 is 33.5. The van der Waals surface area contributed by atoms with Gasteiger partial charge in [-0.05, 0) is 56.5 Å². The Morgan fingerprint density at radius 2 is 1.79 bits per heavy atom. The van der Waals surface area contributed by atoms with E-state index < -0.39 is 9.84 Å². The van der Waals surface area contributed by atoms with Gasteiger partial charge >= 0.3 is 0 Å². The number of nitrogens with one attached hydrogen (secondary N) is 1. The largest absolute Gasteiger partial charge is 0.381 e. The van der Waals surface area contributed by atoms with Gasteiger partial charge in [-0.1, -0.05) is 12.1 Å². The van der Waals surface area contributed by atoms with Gasteiger partial charge in [0, 0.05) is 50.6 Å². The smallest absolute Gasteiger partial charge is 0.254 e. The molecule has 180 valence electrons. The van der Waals surface area contributed by atoms with Gasteiger partial charge in [0.05, 0.1) is 15.7 Å². The molecule has 3 aromatic rings. The number of ether oxygens (including phenoxy) is 1. The number of likely N-dealkylation sites (tertiary alicyclic amines) is 1. The summed E-state index contributed by atoms with van der Waals surface area (Å²) in [6, 6.07) is 7.36. The highest BCUT2D eigenvalue weighted by atomic mass is 32.2. The summed E-state index contributed by atoms with van der Waals surface area (Å²) in [5, 5.41) is 2.51. The lowest BCUT2D eigenvalue weighted by molar-refractivity contribution is 0.0277. The van der Waals surface area contributed by atoms with Crippen LogP contribution in [0.3, 0.4) is 0 Å². The minimum Gasteiger partial charge on any atom is -0.381 e. The van der Waals surface area contributed by atoms with Gasteiger partial charge in [-0.3, -0.25) is 9.20 Å². The van der Waals surface area contributed by atoms with Crippen molar-refractivity contribution >= 4 is 21.5 Å². The predicted molar refractivity (Wildman–Crippen MR) is 126 cm³/mol. The summed E-state index contributed by atoms with van der Waals surface area (Å²) in [6.07, 6.45) is 9.89. The summed E-state index contributed by atoms with van der Waals surface area (Å²) in [4.78, 5) is 23.5. The van der Waals surface area contributed by atoms with Crippen molar-refractivity contribution in [2.75, 3.05) is 26.3 Å². The molecule has 1 amide bonds. The molecule has 0 spiro atoms. The molecule has 2 aliphatic heterocycles. The summed E-state index contributed by atoms with van der Waals surface area (Å²) in [5.41, 5.74) is 1.26. The van der Waals surface area contributed by atoms with E-state index in [0.29, 0.717) is 41.7 Å². The number of rotatable bonds is 6. The highest BCUT2D eigenvalue weighted by Gasteiger charge is 2.33. The minimum atomic E-state index is -3.38. The number of amides is 1. The maximum absolute atomic E-state index is 13.2. The molecule has 0 atom stereocenters. The van der Waals surface area contributed by atoms with E-state index in [-0.39, 0.29) is 11.2 Å². The van der Waals surface area contributed by atoms with E-state index in [2.05, 4.69) is 20.2 Å². The molecule has 2 aromatic heterocycles. The number of carbonyl (C=O) groups excluding carboxylic acids is 1. The fraction of sp³-hybridized carbons (Fsp3) is 0.458. The van der Waals surface area contributed by atoms with E-state index in [1.807, 2.05) is 0 Å². The Kier molecular flexibility index (Phi) is 6.62. The molecule has 34 heavy (non-hydrogen) atoms. The van der Waals surface area contributed by atoms with Crippen molar-refractivity contribution in [1.29, 1.82) is 0 Å². The quantitative estimate of drug-likeness (QED) is 0.572. The van der Waals surface area contributed by atoms with Crippen molar-refractivity contribution < 1.29 is 17.9 Å². The highest BCUT2D eigenvalue weighted by molar-refractivity contribution is 7.92. The van der Waals surface area contributed by atoms with Crippen LogP contribution >= 0.6 is 0 Å². The summed E-state index contributed by atoms with van der Waals surface area (Å²) in [5.74, 6) is 0.277. The fourth-order valence-corrected chi connectivity index (χ4v) is 6.54. The Morgan fingerprint density at radius 3 is 2.53 bits per heavy atom. The van der Waals surface area contributed by atoms with Crippen LogP contribution in [-0.2, 0) is 21.1 Å². The second kappa shape index (κ2) is 9.81. The molecule has 0 radical (unpaired) electrons. The first-order valence-corrected chi connectivity index (χ1v) is 13.3. The highest BCUT2D eigenvalue weighted by Crippen LogP contribution is 2.27. The van der Waals surface area contributed by atoms with Crippen LogP contribution < -0.4 is 5.32 Å². The molecular formula is C24H29N5O4S. The lowest BCUT2D eigenvalue weighted by atomic mass is 10.0. The second-order valence-corrected chi connectivity index (χ2v) is 11.2. The zero-order valence-electron chi connectivity index (χ0n) is 19.0. The third kappa shape index (κ3) is 4.84. The van der Waals surface area contributed by atoms with E-state index in [4.69, 9.17) is 4.74 Å². The molecule has 2 fully saturated rings. The summed E-state index contributed by atoms with van der Waals surface area (Å²) in [7, 11) is -3.38. The van der Waals surface area contributed by atoms with E-state index in [1.165, 1.54) is 6.20 Å². The molecular weight excluding hydrogens is 454 g/mol. The SMILES string of the molecule is O=C(NCc1ccc(S(=O)(=O)C2CCN(C3CCOCC3)CC2)cc1)c1cnc2nccn2c1. The number of benzene rings is 1. The van der Waals surface area contributed by atoms with Gasteiger partial charge in [0.1, 0.15) is 0 Å². The molecule has 0 unspecified atom stereocenters. The van der Waals surface area contributed by atoms with E-state index in [0.717, 1.165) is 44.7 Å². The minimum absolute atomic E-state index is 0.254. The third-order valence-electron chi connectivity index (χ3n) is 6.84. The molecule has 0 aliphatic carbocycles. The van der Waals surface area contributed by atoms with Gasteiger partial charge in [-0.2, -0.15) is 0 Å². The van der Waals surface area contributed by atoms with Crippen molar-refractivity contribution in [1.82, 2.24) is 24.6 Å². The van der Waals surface area contributed by atoms with Crippen molar-refractivity contribution in [3.05, 3.63) is 60.2 Å². The van der Waals surface area contributed by atoms with Crippen molar-refractivity contribution in [3.8, 4) is 0 Å². The number of fused-ring (bicyclic) bond motifs is 1. The first kappa shape index (κ1) is 22.9. The van der Waals surface area contributed by atoms with Gasteiger partial charge in [0.2, 0.25) is 5.78 Å². The number of aromatic nitrogens is 3. The zero-order valence-corrected chi connectivity index (χ0v) is 19.8. The molecule has 1 aromatic carbocycles. The number of hydrogen-bond donors (Lipinski definition) is 1. The summed E-state index contributed by atoms with van der Waals surface area (Å²) >= 11 is 0. The van der Waals surface area contributed by atoms with Crippen LogP contribution in [0.25, 0.3) is 5.78 Å². The Hall–Kier alpha value is -2.82. The summed E-state index contributed by atoms with van der Waals surface area (Å²) in [6.45, 7) is 3.53.